The second-order valence-corrected chi connectivity index (χ2v) is 3.49. The highest BCUT2D eigenvalue weighted by Crippen LogP contribution is 2.19. The molecule has 1 aliphatic heterocycles. The van der Waals surface area contributed by atoms with Crippen molar-refractivity contribution in [3.8, 4) is 6.07 Å². The number of hydrogen-bond acceptors (Lipinski definition) is 3. The second-order valence-electron chi connectivity index (χ2n) is 3.49. The van der Waals surface area contributed by atoms with Crippen LogP contribution in [-0.2, 0) is 0 Å². The lowest BCUT2D eigenvalue weighted by molar-refractivity contribution is 0.0109. The molecule has 0 aromatic carbocycles. The topological polar surface area (TPSA) is 47.3 Å². The van der Waals surface area contributed by atoms with Crippen LogP contribution in [-0.4, -0.2) is 34.7 Å². The lowest BCUT2D eigenvalue weighted by Crippen LogP contribution is -2.49. The van der Waals surface area contributed by atoms with Gasteiger partial charge in [0, 0.05) is 6.04 Å². The summed E-state index contributed by atoms with van der Waals surface area (Å²) in [7, 11) is 0. The van der Waals surface area contributed by atoms with Crippen LogP contribution in [0, 0.1) is 11.3 Å². The van der Waals surface area contributed by atoms with E-state index in [9.17, 15) is 5.11 Å². The van der Waals surface area contributed by atoms with E-state index in [1.54, 1.807) is 0 Å². The fourth-order valence-electron chi connectivity index (χ4n) is 1.77. The van der Waals surface area contributed by atoms with E-state index in [1.165, 1.54) is 0 Å². The minimum absolute atomic E-state index is 0.0741. The summed E-state index contributed by atoms with van der Waals surface area (Å²) in [6.45, 7) is 4.80. The molecule has 3 unspecified atom stereocenters. The van der Waals surface area contributed by atoms with Gasteiger partial charge in [-0.05, 0) is 33.2 Å². The van der Waals surface area contributed by atoms with Crippen molar-refractivity contribution in [2.75, 3.05) is 6.54 Å². The highest BCUT2D eigenvalue weighted by Gasteiger charge is 2.29. The zero-order valence-electron chi connectivity index (χ0n) is 7.70. The molecule has 1 heterocycles. The summed E-state index contributed by atoms with van der Waals surface area (Å²) in [4.78, 5) is 2.06. The van der Waals surface area contributed by atoms with Gasteiger partial charge in [-0.1, -0.05) is 0 Å². The van der Waals surface area contributed by atoms with Crippen LogP contribution in [0.4, 0.5) is 0 Å². The molecule has 3 atom stereocenters. The zero-order chi connectivity index (χ0) is 9.14. The van der Waals surface area contributed by atoms with Gasteiger partial charge < -0.3 is 5.11 Å². The Morgan fingerprint density at radius 2 is 2.33 bits per heavy atom. The smallest absolute Gasteiger partial charge is 0.0952 e. The van der Waals surface area contributed by atoms with E-state index in [0.29, 0.717) is 0 Å². The minimum Gasteiger partial charge on any atom is -0.392 e. The molecule has 0 bridgehead atoms. The summed E-state index contributed by atoms with van der Waals surface area (Å²) in [6.07, 6.45) is 1.61. The molecule has 0 saturated carbocycles. The maximum atomic E-state index is 9.54. The van der Waals surface area contributed by atoms with Crippen molar-refractivity contribution in [3.05, 3.63) is 0 Å². The molecule has 0 aromatic heterocycles. The maximum absolute atomic E-state index is 9.54. The molecule has 12 heavy (non-hydrogen) atoms. The SMILES string of the molecule is CC(C#N)N1CCCC(O)C1C. The molecule has 0 radical (unpaired) electrons. The summed E-state index contributed by atoms with van der Waals surface area (Å²) in [5.41, 5.74) is 0. The molecule has 1 rings (SSSR count). The molecule has 0 amide bonds. The highest BCUT2D eigenvalue weighted by atomic mass is 16.3. The summed E-state index contributed by atoms with van der Waals surface area (Å²) < 4.78 is 0. The van der Waals surface area contributed by atoms with Crippen molar-refractivity contribution in [1.82, 2.24) is 4.90 Å². The van der Waals surface area contributed by atoms with Crippen LogP contribution in [0.25, 0.3) is 0 Å². The van der Waals surface area contributed by atoms with Gasteiger partial charge in [0.15, 0.2) is 0 Å². The molecule has 0 aromatic rings. The van der Waals surface area contributed by atoms with Crippen LogP contribution in [0.2, 0.25) is 0 Å². The van der Waals surface area contributed by atoms with Crippen molar-refractivity contribution in [3.63, 3.8) is 0 Å². The van der Waals surface area contributed by atoms with Crippen LogP contribution in [0.15, 0.2) is 0 Å². The number of aliphatic hydroxyl groups excluding tert-OH is 1. The Morgan fingerprint density at radius 1 is 1.67 bits per heavy atom. The molecule has 3 nitrogen and oxygen atoms in total. The standard InChI is InChI=1S/C9H16N2O/c1-7(6-10)11-5-3-4-9(12)8(11)2/h7-9,12H,3-5H2,1-2H3. The normalized spacial score (nSPS) is 34.2. The predicted molar refractivity (Wildman–Crippen MR) is 46.5 cm³/mol. The molecule has 1 saturated heterocycles. The van der Waals surface area contributed by atoms with Crippen LogP contribution in [0.3, 0.4) is 0 Å². The van der Waals surface area contributed by atoms with Gasteiger partial charge in [0.05, 0.1) is 18.2 Å². The lowest BCUT2D eigenvalue weighted by Gasteiger charge is -2.38. The Labute approximate surface area is 73.6 Å². The zero-order valence-corrected chi connectivity index (χ0v) is 7.70. The van der Waals surface area contributed by atoms with Gasteiger partial charge in [-0.2, -0.15) is 5.26 Å². The van der Waals surface area contributed by atoms with Gasteiger partial charge in [-0.25, -0.2) is 0 Å². The maximum Gasteiger partial charge on any atom is 0.0952 e. The Bertz CT molecular complexity index is 187. The molecule has 1 aliphatic rings. The van der Waals surface area contributed by atoms with Gasteiger partial charge in [0.25, 0.3) is 0 Å². The number of aliphatic hydroxyl groups is 1. The molecular weight excluding hydrogens is 152 g/mol. The van der Waals surface area contributed by atoms with Gasteiger partial charge in [0.1, 0.15) is 0 Å². The summed E-state index contributed by atoms with van der Waals surface area (Å²) >= 11 is 0. The Hall–Kier alpha value is -0.590. The number of likely N-dealkylation sites (tertiary alicyclic amines) is 1. The van der Waals surface area contributed by atoms with E-state index in [2.05, 4.69) is 11.0 Å². The Kier molecular flexibility index (Phi) is 3.07. The largest absolute Gasteiger partial charge is 0.392 e. The number of nitriles is 1. The molecular formula is C9H16N2O. The van der Waals surface area contributed by atoms with E-state index >= 15 is 0 Å². The molecule has 68 valence electrons. The third-order valence-corrected chi connectivity index (χ3v) is 2.68. The second kappa shape index (κ2) is 3.88. The highest BCUT2D eigenvalue weighted by molar-refractivity contribution is 4.93. The first-order valence-electron chi connectivity index (χ1n) is 4.50. The van der Waals surface area contributed by atoms with Crippen LogP contribution in [0.1, 0.15) is 26.7 Å². The van der Waals surface area contributed by atoms with Crippen molar-refractivity contribution in [2.45, 2.75) is 44.9 Å². The van der Waals surface area contributed by atoms with E-state index in [0.717, 1.165) is 19.4 Å². The van der Waals surface area contributed by atoms with Crippen molar-refractivity contribution in [1.29, 1.82) is 5.26 Å². The summed E-state index contributed by atoms with van der Waals surface area (Å²) in [5, 5.41) is 18.3. The monoisotopic (exact) mass is 168 g/mol. The van der Waals surface area contributed by atoms with Crippen LogP contribution < -0.4 is 0 Å². The summed E-state index contributed by atoms with van der Waals surface area (Å²) in [6, 6.07) is 2.26. The molecule has 1 fully saturated rings. The fraction of sp³-hybridized carbons (Fsp3) is 0.889. The first-order valence-corrected chi connectivity index (χ1v) is 4.50. The fourth-order valence-corrected chi connectivity index (χ4v) is 1.77. The van der Waals surface area contributed by atoms with Crippen LogP contribution in [0.5, 0.6) is 0 Å². The average molecular weight is 168 g/mol. The third kappa shape index (κ3) is 1.77. The van der Waals surface area contributed by atoms with E-state index in [1.807, 2.05) is 13.8 Å². The van der Waals surface area contributed by atoms with Crippen LogP contribution >= 0.6 is 0 Å². The van der Waals surface area contributed by atoms with Gasteiger partial charge in [0.2, 0.25) is 0 Å². The minimum atomic E-state index is -0.255. The summed E-state index contributed by atoms with van der Waals surface area (Å²) in [5.74, 6) is 0. The van der Waals surface area contributed by atoms with E-state index in [4.69, 9.17) is 5.26 Å². The lowest BCUT2D eigenvalue weighted by atomic mass is 9.99. The van der Waals surface area contributed by atoms with Gasteiger partial charge >= 0.3 is 0 Å². The van der Waals surface area contributed by atoms with E-state index in [-0.39, 0.29) is 18.2 Å². The number of piperidine rings is 1. The molecule has 1 N–H and O–H groups in total. The van der Waals surface area contributed by atoms with Crippen molar-refractivity contribution in [2.24, 2.45) is 0 Å². The average Bonchev–Trinajstić information content (AvgIpc) is 2.08. The van der Waals surface area contributed by atoms with Gasteiger partial charge in [-0.3, -0.25) is 4.90 Å². The van der Waals surface area contributed by atoms with Crippen molar-refractivity contribution < 1.29 is 5.11 Å². The predicted octanol–water partition coefficient (Wildman–Crippen LogP) is 0.744. The molecule has 3 heteroatoms. The Balaban J connectivity index is 2.58. The first-order chi connectivity index (χ1) is 5.66. The number of hydrogen-bond donors (Lipinski definition) is 1. The number of nitrogens with zero attached hydrogens (tertiary/aromatic N) is 2. The molecule has 0 spiro atoms. The van der Waals surface area contributed by atoms with Crippen molar-refractivity contribution >= 4 is 0 Å². The van der Waals surface area contributed by atoms with Gasteiger partial charge in [-0.15, -0.1) is 0 Å². The molecule has 0 aliphatic carbocycles. The number of rotatable bonds is 1. The first kappa shape index (κ1) is 9.50. The third-order valence-electron chi connectivity index (χ3n) is 2.68. The Morgan fingerprint density at radius 3 is 2.92 bits per heavy atom. The quantitative estimate of drug-likeness (QED) is 0.628. The van der Waals surface area contributed by atoms with E-state index < -0.39 is 0 Å².